The average Bonchev–Trinajstić information content (AvgIpc) is 3.34. The van der Waals surface area contributed by atoms with E-state index in [0.29, 0.717) is 24.4 Å². The Bertz CT molecular complexity index is 816. The molecule has 0 radical (unpaired) electrons. The van der Waals surface area contributed by atoms with Crippen molar-refractivity contribution in [3.63, 3.8) is 0 Å². The lowest BCUT2D eigenvalue weighted by atomic mass is 9.81. The lowest BCUT2D eigenvalue weighted by Gasteiger charge is -2.28. The molecule has 2 bridgehead atoms. The summed E-state index contributed by atoms with van der Waals surface area (Å²) in [4.78, 5) is 39.9. The van der Waals surface area contributed by atoms with Crippen molar-refractivity contribution in [1.29, 1.82) is 0 Å². The molecule has 8 heteroatoms. The molecule has 2 saturated carbocycles. The first-order valence-electron chi connectivity index (χ1n) is 10.5. The Labute approximate surface area is 193 Å². The first-order chi connectivity index (χ1) is 14.4. The Balaban J connectivity index is 1.20. The average molecular weight is 542 g/mol. The van der Waals surface area contributed by atoms with Crippen molar-refractivity contribution in [1.82, 2.24) is 4.90 Å². The molecule has 1 aromatic carbocycles. The van der Waals surface area contributed by atoms with Crippen LogP contribution in [0.4, 0.5) is 5.69 Å². The monoisotopic (exact) mass is 540 g/mol. The molecule has 1 aliphatic heterocycles. The van der Waals surface area contributed by atoms with Gasteiger partial charge in [-0.15, -0.1) is 0 Å². The third kappa shape index (κ3) is 3.93. The lowest BCUT2D eigenvalue weighted by molar-refractivity contribution is -0.140. The zero-order chi connectivity index (χ0) is 21.4. The predicted molar refractivity (Wildman–Crippen MR) is 121 cm³/mol. The lowest BCUT2D eigenvalue weighted by Crippen LogP contribution is -2.37. The van der Waals surface area contributed by atoms with E-state index in [2.05, 4.69) is 37.2 Å². The van der Waals surface area contributed by atoms with Crippen LogP contribution in [0, 0.1) is 23.7 Å². The second kappa shape index (κ2) is 8.99. The van der Waals surface area contributed by atoms with Crippen molar-refractivity contribution in [2.75, 3.05) is 19.0 Å². The minimum absolute atomic E-state index is 0.0112. The van der Waals surface area contributed by atoms with E-state index in [1.165, 1.54) is 4.90 Å². The number of carbonyl (C=O) groups is 3. The summed E-state index contributed by atoms with van der Waals surface area (Å²) in [6.07, 6.45) is 3.61. The zero-order valence-electron chi connectivity index (χ0n) is 16.9. The molecule has 3 amide bonds. The third-order valence-electron chi connectivity index (χ3n) is 6.72. The maximum Gasteiger partial charge on any atom is 0.233 e. The van der Waals surface area contributed by atoms with Crippen molar-refractivity contribution in [3.05, 3.63) is 24.3 Å². The van der Waals surface area contributed by atoms with E-state index in [9.17, 15) is 14.4 Å². The van der Waals surface area contributed by atoms with E-state index < -0.39 is 0 Å². The normalized spacial score (nSPS) is 31.9. The number of methoxy groups -OCH3 is 1. The van der Waals surface area contributed by atoms with Crippen LogP contribution in [0.25, 0.3) is 0 Å². The van der Waals surface area contributed by atoms with E-state index in [-0.39, 0.29) is 51.0 Å². The van der Waals surface area contributed by atoms with Crippen LogP contribution in [0.2, 0.25) is 0 Å². The van der Waals surface area contributed by atoms with Gasteiger partial charge in [-0.3, -0.25) is 19.3 Å². The summed E-state index contributed by atoms with van der Waals surface area (Å²) in [6.45, 7) is 0.460. The minimum atomic E-state index is -0.144. The number of hydrogen-bond donors (Lipinski definition) is 1. The van der Waals surface area contributed by atoms with E-state index in [0.717, 1.165) is 25.7 Å². The molecular formula is C22H26Br2N2O4. The number of benzene rings is 1. The van der Waals surface area contributed by atoms with E-state index in [4.69, 9.17) is 4.74 Å². The van der Waals surface area contributed by atoms with Gasteiger partial charge in [-0.2, -0.15) is 0 Å². The van der Waals surface area contributed by atoms with E-state index in [1.54, 1.807) is 13.2 Å². The van der Waals surface area contributed by atoms with Gasteiger partial charge in [-0.05, 0) is 43.2 Å². The number of imide groups is 1. The summed E-state index contributed by atoms with van der Waals surface area (Å²) in [7, 11) is 1.59. The number of halogens is 2. The maximum absolute atomic E-state index is 12.9. The fourth-order valence-corrected chi connectivity index (χ4v) is 7.16. The molecule has 1 heterocycles. The summed E-state index contributed by atoms with van der Waals surface area (Å²) in [5, 5.41) is 2.87. The molecule has 6 atom stereocenters. The van der Waals surface area contributed by atoms with Gasteiger partial charge in [0.25, 0.3) is 0 Å². The van der Waals surface area contributed by atoms with Crippen LogP contribution >= 0.6 is 31.9 Å². The number of fused-ring (bicyclic) bond motifs is 5. The van der Waals surface area contributed by atoms with Crippen LogP contribution in [0.5, 0.6) is 5.75 Å². The molecule has 2 aliphatic carbocycles. The first kappa shape index (κ1) is 21.8. The number of amides is 3. The number of nitrogens with zero attached hydrogens (tertiary/aromatic N) is 1. The Morgan fingerprint density at radius 2 is 1.77 bits per heavy atom. The second-order valence-corrected chi connectivity index (χ2v) is 10.5. The molecule has 1 saturated heterocycles. The highest BCUT2D eigenvalue weighted by Gasteiger charge is 2.66. The number of carbonyl (C=O) groups excluding carboxylic acids is 3. The van der Waals surface area contributed by atoms with Gasteiger partial charge in [-0.1, -0.05) is 44.3 Å². The van der Waals surface area contributed by atoms with Crippen LogP contribution in [0.15, 0.2) is 24.3 Å². The highest BCUT2D eigenvalue weighted by atomic mass is 79.9. The largest absolute Gasteiger partial charge is 0.497 e. The fraction of sp³-hybridized carbons (Fsp3) is 0.591. The molecule has 1 aromatic rings. The van der Waals surface area contributed by atoms with Crippen molar-refractivity contribution in [3.8, 4) is 5.75 Å². The van der Waals surface area contributed by atoms with Crippen LogP contribution in [-0.2, 0) is 14.4 Å². The van der Waals surface area contributed by atoms with Gasteiger partial charge >= 0.3 is 0 Å². The summed E-state index contributed by atoms with van der Waals surface area (Å²) in [5.74, 6) is 0.896. The van der Waals surface area contributed by atoms with Gasteiger partial charge < -0.3 is 10.1 Å². The molecule has 0 aromatic heterocycles. The highest BCUT2D eigenvalue weighted by molar-refractivity contribution is 9.12. The van der Waals surface area contributed by atoms with Crippen molar-refractivity contribution in [2.45, 2.75) is 41.8 Å². The van der Waals surface area contributed by atoms with E-state index >= 15 is 0 Å². The van der Waals surface area contributed by atoms with Crippen LogP contribution in [0.3, 0.4) is 0 Å². The fourth-order valence-electron chi connectivity index (χ4n) is 5.29. The summed E-state index contributed by atoms with van der Waals surface area (Å²) < 4.78 is 5.16. The van der Waals surface area contributed by atoms with Crippen molar-refractivity contribution >= 4 is 55.3 Å². The number of anilines is 1. The topological polar surface area (TPSA) is 75.7 Å². The summed E-state index contributed by atoms with van der Waals surface area (Å²) in [5.41, 5.74) is 0.712. The molecule has 30 heavy (non-hydrogen) atoms. The molecule has 0 unspecified atom stereocenters. The maximum atomic E-state index is 12.9. The van der Waals surface area contributed by atoms with Gasteiger partial charge in [-0.25, -0.2) is 0 Å². The standard InChI is InChI=1S/C22H26Br2N2O4/c1-30-13-7-5-6-12(10-13)25-16(27)8-3-2-4-9-26-21(28)17-14-11-15(18(17)22(26)29)20(24)19(14)23/h5-7,10,14-15,17-20H,2-4,8-9,11H2,1H3,(H,25,27)/t14-,15-,17-,18-,19-,20+/m1/s1. The number of unbranched alkanes of at least 4 members (excludes halogenated alkanes) is 2. The second-order valence-electron chi connectivity index (χ2n) is 8.42. The Morgan fingerprint density at radius 3 is 2.40 bits per heavy atom. The highest BCUT2D eigenvalue weighted by Crippen LogP contribution is 2.60. The quantitative estimate of drug-likeness (QED) is 0.307. The van der Waals surface area contributed by atoms with Gasteiger partial charge in [0.2, 0.25) is 17.7 Å². The predicted octanol–water partition coefficient (Wildman–Crippen LogP) is 3.97. The Hall–Kier alpha value is -1.41. The smallest absolute Gasteiger partial charge is 0.233 e. The molecule has 162 valence electrons. The number of alkyl halides is 2. The Morgan fingerprint density at radius 1 is 1.10 bits per heavy atom. The number of ether oxygens (including phenoxy) is 1. The number of hydrogen-bond acceptors (Lipinski definition) is 4. The van der Waals surface area contributed by atoms with Crippen LogP contribution in [-0.4, -0.2) is 45.9 Å². The van der Waals surface area contributed by atoms with Gasteiger partial charge in [0, 0.05) is 34.4 Å². The number of nitrogens with one attached hydrogen (secondary N) is 1. The van der Waals surface area contributed by atoms with Crippen molar-refractivity contribution < 1.29 is 19.1 Å². The number of rotatable bonds is 8. The van der Waals surface area contributed by atoms with Gasteiger partial charge in [0.05, 0.1) is 18.9 Å². The molecule has 4 rings (SSSR count). The molecule has 6 nitrogen and oxygen atoms in total. The molecule has 3 fully saturated rings. The zero-order valence-corrected chi connectivity index (χ0v) is 20.0. The van der Waals surface area contributed by atoms with Gasteiger partial charge in [0.1, 0.15) is 5.75 Å². The molecule has 0 spiro atoms. The van der Waals surface area contributed by atoms with Gasteiger partial charge in [0.15, 0.2) is 0 Å². The van der Waals surface area contributed by atoms with E-state index in [1.807, 2.05) is 18.2 Å². The molecule has 3 aliphatic rings. The third-order valence-corrected chi connectivity index (χ3v) is 9.92. The molecular weight excluding hydrogens is 516 g/mol. The first-order valence-corrected chi connectivity index (χ1v) is 12.3. The van der Waals surface area contributed by atoms with Crippen molar-refractivity contribution in [2.24, 2.45) is 23.7 Å². The summed E-state index contributed by atoms with van der Waals surface area (Å²) in [6, 6.07) is 7.26. The minimum Gasteiger partial charge on any atom is -0.497 e. The van der Waals surface area contributed by atoms with Crippen LogP contribution in [0.1, 0.15) is 32.1 Å². The molecule has 1 N–H and O–H groups in total. The Kier molecular flexibility index (Phi) is 6.53. The number of likely N-dealkylation sites (tertiary alicyclic amines) is 1. The van der Waals surface area contributed by atoms with Crippen LogP contribution < -0.4 is 10.1 Å². The summed E-state index contributed by atoms with van der Waals surface area (Å²) >= 11 is 7.42. The SMILES string of the molecule is COc1cccc(NC(=O)CCCCCN2C(=O)[C@@H]3[C@H]4C[C@@H]([C@@H](Br)[C@H]4Br)[C@H]3C2=O)c1.